The van der Waals surface area contributed by atoms with Gasteiger partial charge in [-0.25, -0.2) is 0 Å². The number of rotatable bonds is 5. The molecule has 2 aromatic carbocycles. The van der Waals surface area contributed by atoms with Crippen molar-refractivity contribution in [3.05, 3.63) is 75.8 Å². The molecule has 1 aliphatic rings. The largest absolute Gasteiger partial charge is 0.295 e. The van der Waals surface area contributed by atoms with Crippen molar-refractivity contribution >= 4 is 28.2 Å². The summed E-state index contributed by atoms with van der Waals surface area (Å²) in [5.41, 5.74) is 3.87. The van der Waals surface area contributed by atoms with Crippen molar-refractivity contribution in [2.45, 2.75) is 13.5 Å². The lowest BCUT2D eigenvalue weighted by atomic mass is 10.1. The Morgan fingerprint density at radius 1 is 1.00 bits per heavy atom. The number of halogens is 1. The topological polar surface area (TPSA) is 18.8 Å². The van der Waals surface area contributed by atoms with Gasteiger partial charge in [0.05, 0.1) is 6.21 Å². The lowest BCUT2D eigenvalue weighted by Crippen LogP contribution is -2.43. The van der Waals surface area contributed by atoms with Gasteiger partial charge in [0.1, 0.15) is 0 Å². The van der Waals surface area contributed by atoms with Crippen LogP contribution in [-0.2, 0) is 6.54 Å². The van der Waals surface area contributed by atoms with Crippen LogP contribution in [0.4, 0.5) is 0 Å². The van der Waals surface area contributed by atoms with Crippen LogP contribution < -0.4 is 0 Å². The summed E-state index contributed by atoms with van der Waals surface area (Å²) >= 11 is 3.58. The Morgan fingerprint density at radius 3 is 2.36 bits per heavy atom. The van der Waals surface area contributed by atoms with E-state index in [1.54, 1.807) is 0 Å². The summed E-state index contributed by atoms with van der Waals surface area (Å²) in [6.07, 6.45) is 3.97. The summed E-state index contributed by atoms with van der Waals surface area (Å²) in [6.45, 7) is 7.18. The van der Waals surface area contributed by atoms with Crippen molar-refractivity contribution < 1.29 is 0 Å². The maximum Gasteiger partial charge on any atom is 0.0612 e. The number of hydrazone groups is 1. The fourth-order valence-electron chi connectivity index (χ4n) is 2.85. The smallest absolute Gasteiger partial charge is 0.0612 e. The molecule has 130 valence electrons. The second-order valence-corrected chi connectivity index (χ2v) is 7.32. The third-order valence-corrected chi connectivity index (χ3v) is 4.76. The zero-order valence-corrected chi connectivity index (χ0v) is 16.2. The number of nitrogens with zero attached hydrogens (tertiary/aromatic N) is 3. The lowest BCUT2D eigenvalue weighted by molar-refractivity contribution is 0.131. The van der Waals surface area contributed by atoms with Gasteiger partial charge in [0.15, 0.2) is 0 Å². The van der Waals surface area contributed by atoms with Crippen molar-refractivity contribution in [2.75, 3.05) is 26.2 Å². The molecule has 0 aromatic heterocycles. The van der Waals surface area contributed by atoms with E-state index >= 15 is 0 Å². The van der Waals surface area contributed by atoms with Crippen molar-refractivity contribution in [3.63, 3.8) is 0 Å². The van der Waals surface area contributed by atoms with Gasteiger partial charge in [-0.2, -0.15) is 5.10 Å². The first-order chi connectivity index (χ1) is 12.2. The minimum atomic E-state index is 0.966. The lowest BCUT2D eigenvalue weighted by Gasteiger charge is -2.33. The van der Waals surface area contributed by atoms with Crippen molar-refractivity contribution in [1.29, 1.82) is 0 Å². The highest BCUT2D eigenvalue weighted by atomic mass is 79.9. The number of aryl methyl sites for hydroxylation is 1. The summed E-state index contributed by atoms with van der Waals surface area (Å²) in [5.74, 6) is 0. The van der Waals surface area contributed by atoms with E-state index in [9.17, 15) is 0 Å². The van der Waals surface area contributed by atoms with Crippen molar-refractivity contribution in [2.24, 2.45) is 5.10 Å². The number of benzene rings is 2. The average molecular weight is 398 g/mol. The van der Waals surface area contributed by atoms with Crippen LogP contribution in [0.5, 0.6) is 0 Å². The van der Waals surface area contributed by atoms with Crippen LogP contribution in [0.3, 0.4) is 0 Å². The molecule has 0 spiro atoms. The van der Waals surface area contributed by atoms with E-state index in [1.807, 2.05) is 24.4 Å². The summed E-state index contributed by atoms with van der Waals surface area (Å²) in [5, 5.41) is 6.74. The molecule has 4 heteroatoms. The second kappa shape index (κ2) is 8.97. The van der Waals surface area contributed by atoms with E-state index in [4.69, 9.17) is 0 Å². The van der Waals surface area contributed by atoms with Gasteiger partial charge in [0.25, 0.3) is 0 Å². The maximum absolute atomic E-state index is 4.60. The number of hydrogen-bond acceptors (Lipinski definition) is 3. The Morgan fingerprint density at radius 2 is 1.68 bits per heavy atom. The summed E-state index contributed by atoms with van der Waals surface area (Å²) < 4.78 is 0.987. The second-order valence-electron chi connectivity index (χ2n) is 6.40. The molecule has 0 unspecified atom stereocenters. The molecular weight excluding hydrogens is 374 g/mol. The molecule has 0 radical (unpaired) electrons. The predicted molar refractivity (Wildman–Crippen MR) is 110 cm³/mol. The molecule has 1 aliphatic heterocycles. The standard InChI is InChI=1S/C21H24BrN3/c1-18-7-9-20(10-8-18)17-24-11-13-25(14-12-24)23-16-21(22)15-19-5-3-2-4-6-19/h2-10,15-16H,11-14,17H2,1H3/b21-15+,23-16?. The molecule has 0 aliphatic carbocycles. The molecule has 0 saturated carbocycles. The molecule has 1 saturated heterocycles. The average Bonchev–Trinajstić information content (AvgIpc) is 2.64. The molecule has 25 heavy (non-hydrogen) atoms. The molecule has 3 rings (SSSR count). The van der Waals surface area contributed by atoms with Crippen molar-refractivity contribution in [3.8, 4) is 0 Å². The quantitative estimate of drug-likeness (QED) is 0.689. The molecule has 1 fully saturated rings. The van der Waals surface area contributed by atoms with E-state index in [0.717, 1.165) is 37.2 Å². The Hall–Kier alpha value is -1.91. The van der Waals surface area contributed by atoms with Gasteiger partial charge in [0, 0.05) is 37.2 Å². The highest BCUT2D eigenvalue weighted by Gasteiger charge is 2.15. The van der Waals surface area contributed by atoms with Crippen LogP contribution in [-0.4, -0.2) is 42.3 Å². The van der Waals surface area contributed by atoms with Gasteiger partial charge in [-0.15, -0.1) is 0 Å². The molecule has 1 heterocycles. The highest BCUT2D eigenvalue weighted by molar-refractivity contribution is 9.12. The Bertz CT molecular complexity index is 715. The van der Waals surface area contributed by atoms with Crippen molar-refractivity contribution in [1.82, 2.24) is 9.91 Å². The molecule has 3 nitrogen and oxygen atoms in total. The SMILES string of the molecule is Cc1ccc(CN2CCN(N=C/C(Br)=C\c3ccccc3)CC2)cc1. The summed E-state index contributed by atoms with van der Waals surface area (Å²) in [7, 11) is 0. The number of hydrogen-bond donors (Lipinski definition) is 0. The predicted octanol–water partition coefficient (Wildman–Crippen LogP) is 4.53. The molecule has 2 aromatic rings. The van der Waals surface area contributed by atoms with Gasteiger partial charge >= 0.3 is 0 Å². The van der Waals surface area contributed by atoms with Gasteiger partial charge in [-0.1, -0.05) is 60.2 Å². The summed E-state index contributed by atoms with van der Waals surface area (Å²) in [4.78, 5) is 2.49. The highest BCUT2D eigenvalue weighted by Crippen LogP contribution is 2.12. The van der Waals surface area contributed by atoms with Crippen LogP contribution in [0.1, 0.15) is 16.7 Å². The first-order valence-electron chi connectivity index (χ1n) is 8.68. The normalized spacial score (nSPS) is 16.6. The minimum Gasteiger partial charge on any atom is -0.295 e. The van der Waals surface area contributed by atoms with Gasteiger partial charge in [0.2, 0.25) is 0 Å². The van der Waals surface area contributed by atoms with Crippen LogP contribution in [0, 0.1) is 6.92 Å². The number of allylic oxidation sites excluding steroid dienone is 1. The third kappa shape index (κ3) is 5.83. The van der Waals surface area contributed by atoms with Gasteiger partial charge in [-0.05, 0) is 40.1 Å². The molecule has 0 amide bonds. The van der Waals surface area contributed by atoms with Crippen LogP contribution in [0.15, 0.2) is 64.2 Å². The third-order valence-electron chi connectivity index (χ3n) is 4.32. The molecular formula is C21H24BrN3. The van der Waals surface area contributed by atoms with Crippen LogP contribution in [0.25, 0.3) is 6.08 Å². The van der Waals surface area contributed by atoms with E-state index < -0.39 is 0 Å². The van der Waals surface area contributed by atoms with Crippen LogP contribution >= 0.6 is 15.9 Å². The Kier molecular flexibility index (Phi) is 6.42. The molecule has 0 bridgehead atoms. The summed E-state index contributed by atoms with van der Waals surface area (Å²) in [6, 6.07) is 19.1. The molecule has 0 atom stereocenters. The zero-order valence-electron chi connectivity index (χ0n) is 14.6. The van der Waals surface area contributed by atoms with E-state index in [1.165, 1.54) is 16.7 Å². The van der Waals surface area contributed by atoms with Crippen LogP contribution in [0.2, 0.25) is 0 Å². The van der Waals surface area contributed by atoms with Gasteiger partial charge in [-0.3, -0.25) is 9.91 Å². The first-order valence-corrected chi connectivity index (χ1v) is 9.47. The fourth-order valence-corrected chi connectivity index (χ4v) is 3.20. The number of piperazine rings is 1. The van der Waals surface area contributed by atoms with E-state index in [2.05, 4.69) is 80.3 Å². The monoisotopic (exact) mass is 397 g/mol. The zero-order chi connectivity index (χ0) is 17.5. The van der Waals surface area contributed by atoms with E-state index in [-0.39, 0.29) is 0 Å². The van der Waals surface area contributed by atoms with E-state index in [0.29, 0.717) is 0 Å². The fraction of sp³-hybridized carbons (Fsp3) is 0.286. The first kappa shape index (κ1) is 17.9. The molecule has 0 N–H and O–H groups in total. The Balaban J connectivity index is 1.47. The Labute approximate surface area is 158 Å². The maximum atomic E-state index is 4.60. The van der Waals surface area contributed by atoms with Gasteiger partial charge < -0.3 is 0 Å². The minimum absolute atomic E-state index is 0.966.